The average molecular weight is 233 g/mol. The highest BCUT2D eigenvalue weighted by Gasteiger charge is 2.27. The lowest BCUT2D eigenvalue weighted by Crippen LogP contribution is -2.44. The highest BCUT2D eigenvalue weighted by Crippen LogP contribution is 2.29. The molecule has 16 heavy (non-hydrogen) atoms. The van der Waals surface area contributed by atoms with Crippen molar-refractivity contribution in [3.05, 3.63) is 35.4 Å². The Bertz CT molecular complexity index is 367. The van der Waals surface area contributed by atoms with Gasteiger partial charge in [-0.2, -0.15) is 0 Å². The first-order valence-electron chi connectivity index (χ1n) is 6.29. The quantitative estimate of drug-likeness (QED) is 0.707. The minimum atomic E-state index is -0.982. The molecule has 2 rings (SSSR count). The van der Waals surface area contributed by atoms with Gasteiger partial charge < -0.3 is 0 Å². The summed E-state index contributed by atoms with van der Waals surface area (Å²) in [5.41, 5.74) is 3.11. The molecule has 1 aliphatic rings. The summed E-state index contributed by atoms with van der Waals surface area (Å²) in [6, 6.07) is 9.54. The first-order valence-corrected chi connectivity index (χ1v) is 10.00. The maximum absolute atomic E-state index is 2.68. The van der Waals surface area contributed by atoms with Crippen LogP contribution < -0.4 is 0 Å². The minimum absolute atomic E-state index is 0.608. The van der Waals surface area contributed by atoms with E-state index >= 15 is 0 Å². The Morgan fingerprint density at radius 3 is 2.62 bits per heavy atom. The molecule has 1 atom stereocenters. The van der Waals surface area contributed by atoms with E-state index in [1.807, 2.05) is 0 Å². The van der Waals surface area contributed by atoms with Gasteiger partial charge in [-0.05, 0) is 30.6 Å². The van der Waals surface area contributed by atoms with Crippen molar-refractivity contribution in [2.75, 3.05) is 12.7 Å². The summed E-state index contributed by atoms with van der Waals surface area (Å²) in [5, 5.41) is 0. The molecule has 1 aromatic rings. The summed E-state index contributed by atoms with van der Waals surface area (Å²) in [7, 11) is -0.982. The molecule has 0 fully saturated rings. The molecule has 1 aromatic carbocycles. The van der Waals surface area contributed by atoms with Crippen molar-refractivity contribution in [3.63, 3.8) is 0 Å². The minimum Gasteiger partial charge on any atom is -0.299 e. The largest absolute Gasteiger partial charge is 0.299 e. The van der Waals surface area contributed by atoms with E-state index in [0.29, 0.717) is 6.04 Å². The third-order valence-corrected chi connectivity index (χ3v) is 4.75. The lowest BCUT2D eigenvalue weighted by Gasteiger charge is -2.38. The fourth-order valence-electron chi connectivity index (χ4n) is 2.65. The molecule has 88 valence electrons. The maximum Gasteiger partial charge on any atom is 0.0599 e. The lowest BCUT2D eigenvalue weighted by molar-refractivity contribution is 0.229. The Labute approximate surface area is 100 Å². The van der Waals surface area contributed by atoms with Gasteiger partial charge in [0.1, 0.15) is 0 Å². The van der Waals surface area contributed by atoms with Crippen LogP contribution in [0.3, 0.4) is 0 Å². The molecule has 1 unspecified atom stereocenters. The molecule has 0 bridgehead atoms. The first kappa shape index (κ1) is 11.9. The maximum atomic E-state index is 2.68. The Kier molecular flexibility index (Phi) is 3.22. The standard InChI is InChI=1S/C14H23NSi/c1-12-14-8-6-5-7-13(14)9-10-15(12)11-16(2,3)4/h5-8,12H,9-11H2,1-4H3. The molecular formula is C14H23NSi. The van der Waals surface area contributed by atoms with Gasteiger partial charge in [0.15, 0.2) is 0 Å². The van der Waals surface area contributed by atoms with Crippen LogP contribution in [0.15, 0.2) is 24.3 Å². The fraction of sp³-hybridized carbons (Fsp3) is 0.571. The summed E-state index contributed by atoms with van der Waals surface area (Å²) in [5.74, 6) is 0. The van der Waals surface area contributed by atoms with Crippen LogP contribution in [0.2, 0.25) is 19.6 Å². The fourth-order valence-corrected chi connectivity index (χ4v) is 4.30. The summed E-state index contributed by atoms with van der Waals surface area (Å²) in [6.45, 7) is 11.0. The van der Waals surface area contributed by atoms with Gasteiger partial charge in [0.2, 0.25) is 0 Å². The number of nitrogens with zero attached hydrogens (tertiary/aromatic N) is 1. The van der Waals surface area contributed by atoms with E-state index < -0.39 is 8.07 Å². The monoisotopic (exact) mass is 233 g/mol. The molecule has 0 spiro atoms. The van der Waals surface area contributed by atoms with E-state index in [0.717, 1.165) is 0 Å². The van der Waals surface area contributed by atoms with Gasteiger partial charge in [-0.1, -0.05) is 43.9 Å². The topological polar surface area (TPSA) is 3.24 Å². The van der Waals surface area contributed by atoms with Gasteiger partial charge >= 0.3 is 0 Å². The van der Waals surface area contributed by atoms with Gasteiger partial charge in [-0.3, -0.25) is 4.90 Å². The molecule has 0 saturated carbocycles. The van der Waals surface area contributed by atoms with Crippen molar-refractivity contribution in [2.24, 2.45) is 0 Å². The number of rotatable bonds is 2. The van der Waals surface area contributed by atoms with Gasteiger partial charge in [0.05, 0.1) is 8.07 Å². The van der Waals surface area contributed by atoms with E-state index in [2.05, 4.69) is 55.7 Å². The third-order valence-electron chi connectivity index (χ3n) is 3.40. The summed E-state index contributed by atoms with van der Waals surface area (Å²) in [4.78, 5) is 2.68. The van der Waals surface area contributed by atoms with Crippen molar-refractivity contribution in [1.29, 1.82) is 0 Å². The Morgan fingerprint density at radius 1 is 1.25 bits per heavy atom. The van der Waals surface area contributed by atoms with Crippen LogP contribution >= 0.6 is 0 Å². The van der Waals surface area contributed by atoms with Gasteiger partial charge in [-0.15, -0.1) is 0 Å². The predicted molar refractivity (Wildman–Crippen MR) is 73.5 cm³/mol. The Hall–Kier alpha value is -0.603. The van der Waals surface area contributed by atoms with Crippen LogP contribution in [-0.2, 0) is 6.42 Å². The lowest BCUT2D eigenvalue weighted by atomic mass is 9.94. The van der Waals surface area contributed by atoms with E-state index in [-0.39, 0.29) is 0 Å². The van der Waals surface area contributed by atoms with Crippen molar-refractivity contribution in [3.8, 4) is 0 Å². The van der Waals surface area contributed by atoms with Crippen molar-refractivity contribution < 1.29 is 0 Å². The van der Waals surface area contributed by atoms with Crippen LogP contribution in [0, 0.1) is 0 Å². The van der Waals surface area contributed by atoms with E-state index in [4.69, 9.17) is 0 Å². The predicted octanol–water partition coefficient (Wildman–Crippen LogP) is 3.48. The van der Waals surface area contributed by atoms with Crippen molar-refractivity contribution >= 4 is 8.07 Å². The summed E-state index contributed by atoms with van der Waals surface area (Å²) in [6.07, 6.45) is 2.55. The zero-order valence-electron chi connectivity index (χ0n) is 11.0. The van der Waals surface area contributed by atoms with Crippen LogP contribution in [0.4, 0.5) is 0 Å². The molecule has 1 heterocycles. The molecule has 1 nitrogen and oxygen atoms in total. The first-order chi connectivity index (χ1) is 7.47. The number of hydrogen-bond acceptors (Lipinski definition) is 1. The van der Waals surface area contributed by atoms with Crippen molar-refractivity contribution in [2.45, 2.75) is 39.0 Å². The van der Waals surface area contributed by atoms with E-state index in [9.17, 15) is 0 Å². The molecule has 0 saturated heterocycles. The second-order valence-corrected chi connectivity index (χ2v) is 11.6. The molecule has 1 aliphatic heterocycles. The number of benzene rings is 1. The van der Waals surface area contributed by atoms with Crippen LogP contribution in [0.25, 0.3) is 0 Å². The van der Waals surface area contributed by atoms with Crippen molar-refractivity contribution in [1.82, 2.24) is 4.90 Å². The van der Waals surface area contributed by atoms with Gasteiger partial charge in [0.25, 0.3) is 0 Å². The molecule has 0 amide bonds. The third kappa shape index (κ3) is 2.55. The van der Waals surface area contributed by atoms with E-state index in [1.54, 1.807) is 11.1 Å². The average Bonchev–Trinajstić information content (AvgIpc) is 2.21. The second-order valence-electron chi connectivity index (χ2n) is 6.16. The van der Waals surface area contributed by atoms with Gasteiger partial charge in [0, 0.05) is 12.6 Å². The zero-order chi connectivity index (χ0) is 11.8. The van der Waals surface area contributed by atoms with Crippen LogP contribution in [0.1, 0.15) is 24.1 Å². The highest BCUT2D eigenvalue weighted by atomic mass is 28.3. The molecule has 2 heteroatoms. The van der Waals surface area contributed by atoms with Gasteiger partial charge in [-0.25, -0.2) is 0 Å². The van der Waals surface area contributed by atoms with Crippen LogP contribution in [-0.4, -0.2) is 25.7 Å². The second kappa shape index (κ2) is 4.34. The summed E-state index contributed by atoms with van der Waals surface area (Å²) >= 11 is 0. The smallest absolute Gasteiger partial charge is 0.0599 e. The Morgan fingerprint density at radius 2 is 1.94 bits per heavy atom. The Balaban J connectivity index is 2.18. The SMILES string of the molecule is CC1c2ccccc2CCN1C[Si](C)(C)C. The zero-order valence-corrected chi connectivity index (χ0v) is 12.0. The normalized spacial score (nSPS) is 21.9. The molecule has 0 radical (unpaired) electrons. The van der Waals surface area contributed by atoms with E-state index in [1.165, 1.54) is 19.1 Å². The summed E-state index contributed by atoms with van der Waals surface area (Å²) < 4.78 is 0. The number of hydrogen-bond donors (Lipinski definition) is 0. The highest BCUT2D eigenvalue weighted by molar-refractivity contribution is 6.76. The molecule has 0 aromatic heterocycles. The molecule has 0 N–H and O–H groups in total. The van der Waals surface area contributed by atoms with Crippen LogP contribution in [0.5, 0.6) is 0 Å². The molecular weight excluding hydrogens is 210 g/mol. The number of fused-ring (bicyclic) bond motifs is 1. The molecule has 0 aliphatic carbocycles.